The van der Waals surface area contributed by atoms with Gasteiger partial charge in [0, 0.05) is 39.0 Å². The van der Waals surface area contributed by atoms with Crippen molar-refractivity contribution in [1.29, 1.82) is 0 Å². The van der Waals surface area contributed by atoms with Gasteiger partial charge in [-0.25, -0.2) is 0 Å². The van der Waals surface area contributed by atoms with Crippen molar-refractivity contribution in [2.24, 2.45) is 0 Å². The van der Waals surface area contributed by atoms with Gasteiger partial charge in [-0.1, -0.05) is 48.0 Å². The highest BCUT2D eigenvalue weighted by atomic mass is 16.5. The molecule has 2 amide bonds. The maximum Gasteiger partial charge on any atom is 0.223 e. The minimum Gasteiger partial charge on any atom is -0.496 e. The molecule has 1 heterocycles. The molecule has 1 saturated heterocycles. The number of benzene rings is 2. The lowest BCUT2D eigenvalue weighted by Gasteiger charge is -2.35. The van der Waals surface area contributed by atoms with E-state index < -0.39 is 0 Å². The number of nitrogens with zero attached hydrogens (tertiary/aromatic N) is 2. The molecule has 0 unspecified atom stereocenters. The smallest absolute Gasteiger partial charge is 0.223 e. The SMILES string of the molecule is COc1ccccc1CCC(=O)N1CCN(C(=O)CCc2ccc(C)cc2)CC1. The molecule has 1 fully saturated rings. The van der Waals surface area contributed by atoms with Crippen LogP contribution in [-0.2, 0) is 22.4 Å². The van der Waals surface area contributed by atoms with Gasteiger partial charge >= 0.3 is 0 Å². The number of hydrogen-bond donors (Lipinski definition) is 0. The van der Waals surface area contributed by atoms with Crippen LogP contribution in [0.2, 0.25) is 0 Å². The predicted molar refractivity (Wildman–Crippen MR) is 114 cm³/mol. The molecule has 2 aromatic carbocycles. The Morgan fingerprint density at radius 2 is 1.38 bits per heavy atom. The first-order valence-electron chi connectivity index (χ1n) is 10.3. The topological polar surface area (TPSA) is 49.9 Å². The molecule has 1 aliphatic heterocycles. The average Bonchev–Trinajstić information content (AvgIpc) is 2.77. The molecule has 0 saturated carbocycles. The van der Waals surface area contributed by atoms with Crippen molar-refractivity contribution in [2.75, 3.05) is 33.3 Å². The number of methoxy groups -OCH3 is 1. The number of hydrogen-bond acceptors (Lipinski definition) is 3. The molecule has 0 aromatic heterocycles. The maximum absolute atomic E-state index is 12.6. The first kappa shape index (κ1) is 20.9. The third kappa shape index (κ3) is 5.83. The average molecular weight is 395 g/mol. The van der Waals surface area contributed by atoms with Crippen molar-refractivity contribution in [3.05, 3.63) is 65.2 Å². The van der Waals surface area contributed by atoms with E-state index in [0.717, 1.165) is 17.7 Å². The lowest BCUT2D eigenvalue weighted by molar-refractivity contribution is -0.139. The number of carbonyl (C=O) groups is 2. The van der Waals surface area contributed by atoms with E-state index in [-0.39, 0.29) is 11.8 Å². The highest BCUT2D eigenvalue weighted by Crippen LogP contribution is 2.19. The first-order chi connectivity index (χ1) is 14.1. The summed E-state index contributed by atoms with van der Waals surface area (Å²) in [4.78, 5) is 28.8. The monoisotopic (exact) mass is 394 g/mol. The molecule has 0 bridgehead atoms. The first-order valence-corrected chi connectivity index (χ1v) is 10.3. The molecule has 0 aliphatic carbocycles. The Morgan fingerprint density at radius 3 is 1.97 bits per heavy atom. The van der Waals surface area contributed by atoms with E-state index in [1.54, 1.807) is 7.11 Å². The van der Waals surface area contributed by atoms with E-state index >= 15 is 0 Å². The number of aryl methyl sites for hydroxylation is 3. The Labute approximate surface area is 173 Å². The van der Waals surface area contributed by atoms with Crippen molar-refractivity contribution in [2.45, 2.75) is 32.6 Å². The second-order valence-corrected chi connectivity index (χ2v) is 7.56. The third-order valence-corrected chi connectivity index (χ3v) is 5.53. The molecular weight excluding hydrogens is 364 g/mol. The van der Waals surface area contributed by atoms with Crippen molar-refractivity contribution in [1.82, 2.24) is 9.80 Å². The van der Waals surface area contributed by atoms with Gasteiger partial charge in [0.2, 0.25) is 11.8 Å². The number of piperazine rings is 1. The Hall–Kier alpha value is -2.82. The molecule has 154 valence electrons. The lowest BCUT2D eigenvalue weighted by Crippen LogP contribution is -2.50. The van der Waals surface area contributed by atoms with Crippen LogP contribution in [0.5, 0.6) is 5.75 Å². The summed E-state index contributed by atoms with van der Waals surface area (Å²) in [5, 5.41) is 0. The van der Waals surface area contributed by atoms with Crippen LogP contribution in [0.15, 0.2) is 48.5 Å². The Kier molecular flexibility index (Phi) is 7.28. The van der Waals surface area contributed by atoms with Crippen LogP contribution >= 0.6 is 0 Å². The Morgan fingerprint density at radius 1 is 0.828 bits per heavy atom. The number of amides is 2. The third-order valence-electron chi connectivity index (χ3n) is 5.53. The van der Waals surface area contributed by atoms with E-state index in [1.807, 2.05) is 34.1 Å². The van der Waals surface area contributed by atoms with Crippen LogP contribution in [0.3, 0.4) is 0 Å². The van der Waals surface area contributed by atoms with Gasteiger partial charge in [-0.15, -0.1) is 0 Å². The summed E-state index contributed by atoms with van der Waals surface area (Å²) >= 11 is 0. The zero-order chi connectivity index (χ0) is 20.6. The highest BCUT2D eigenvalue weighted by molar-refractivity contribution is 5.78. The van der Waals surface area contributed by atoms with Crippen LogP contribution in [0.25, 0.3) is 0 Å². The van der Waals surface area contributed by atoms with Crippen LogP contribution in [-0.4, -0.2) is 54.9 Å². The zero-order valence-corrected chi connectivity index (χ0v) is 17.4. The van der Waals surface area contributed by atoms with Gasteiger partial charge in [0.15, 0.2) is 0 Å². The zero-order valence-electron chi connectivity index (χ0n) is 17.4. The van der Waals surface area contributed by atoms with Gasteiger partial charge in [0.05, 0.1) is 7.11 Å². The van der Waals surface area contributed by atoms with Gasteiger partial charge in [-0.2, -0.15) is 0 Å². The van der Waals surface area contributed by atoms with Crippen LogP contribution < -0.4 is 4.74 Å². The van der Waals surface area contributed by atoms with Gasteiger partial charge in [-0.05, 0) is 37.0 Å². The molecule has 29 heavy (non-hydrogen) atoms. The van der Waals surface area contributed by atoms with E-state index in [2.05, 4.69) is 31.2 Å². The Bertz CT molecular complexity index is 824. The molecule has 3 rings (SSSR count). The summed E-state index contributed by atoms with van der Waals surface area (Å²) in [6.07, 6.45) is 2.41. The van der Waals surface area contributed by atoms with Gasteiger partial charge in [0.1, 0.15) is 5.75 Å². The van der Waals surface area contributed by atoms with E-state index in [1.165, 1.54) is 11.1 Å². The second kappa shape index (κ2) is 10.1. The van der Waals surface area contributed by atoms with Gasteiger partial charge in [0.25, 0.3) is 0 Å². The predicted octanol–water partition coefficient (Wildman–Crippen LogP) is 3.24. The quantitative estimate of drug-likeness (QED) is 0.724. The minimum atomic E-state index is 0.141. The molecule has 0 atom stereocenters. The van der Waals surface area contributed by atoms with E-state index in [4.69, 9.17) is 4.74 Å². The molecule has 0 radical (unpaired) electrons. The second-order valence-electron chi connectivity index (χ2n) is 7.56. The summed E-state index contributed by atoms with van der Waals surface area (Å²) < 4.78 is 5.36. The van der Waals surface area contributed by atoms with E-state index in [0.29, 0.717) is 45.4 Å². The van der Waals surface area contributed by atoms with Gasteiger partial charge < -0.3 is 14.5 Å². The summed E-state index contributed by atoms with van der Waals surface area (Å²) in [6.45, 7) is 4.52. The molecule has 0 spiro atoms. The summed E-state index contributed by atoms with van der Waals surface area (Å²) in [5.41, 5.74) is 3.47. The van der Waals surface area contributed by atoms with Crippen molar-refractivity contribution < 1.29 is 14.3 Å². The fourth-order valence-electron chi connectivity index (χ4n) is 3.68. The van der Waals surface area contributed by atoms with Gasteiger partial charge in [-0.3, -0.25) is 9.59 Å². The van der Waals surface area contributed by atoms with Crippen molar-refractivity contribution in [3.63, 3.8) is 0 Å². The molecule has 0 N–H and O–H groups in total. The van der Waals surface area contributed by atoms with Crippen LogP contribution in [0.1, 0.15) is 29.5 Å². The number of carbonyl (C=O) groups excluding carboxylic acids is 2. The highest BCUT2D eigenvalue weighted by Gasteiger charge is 2.23. The number of rotatable bonds is 7. The number of ether oxygens (including phenoxy) is 1. The number of para-hydroxylation sites is 1. The molecule has 2 aromatic rings. The summed E-state index contributed by atoms with van der Waals surface area (Å²) in [7, 11) is 1.65. The lowest BCUT2D eigenvalue weighted by atomic mass is 10.1. The fraction of sp³-hybridized carbons (Fsp3) is 0.417. The molecular formula is C24H30N2O3. The van der Waals surface area contributed by atoms with Crippen LogP contribution in [0, 0.1) is 6.92 Å². The summed E-state index contributed by atoms with van der Waals surface area (Å²) in [6, 6.07) is 16.1. The molecule has 5 heteroatoms. The maximum atomic E-state index is 12.6. The molecule has 5 nitrogen and oxygen atoms in total. The van der Waals surface area contributed by atoms with Crippen molar-refractivity contribution >= 4 is 11.8 Å². The largest absolute Gasteiger partial charge is 0.496 e. The minimum absolute atomic E-state index is 0.141. The standard InChI is InChI=1S/C24H30N2O3/c1-19-7-9-20(10-8-19)11-13-23(27)25-15-17-26(18-16-25)24(28)14-12-21-5-3-4-6-22(21)29-2/h3-10H,11-18H2,1-2H3. The Balaban J connectivity index is 1.41. The van der Waals surface area contributed by atoms with Crippen LogP contribution in [0.4, 0.5) is 0 Å². The van der Waals surface area contributed by atoms with Crippen molar-refractivity contribution in [3.8, 4) is 5.75 Å². The normalized spacial score (nSPS) is 14.0. The fourth-order valence-corrected chi connectivity index (χ4v) is 3.68. The van der Waals surface area contributed by atoms with E-state index in [9.17, 15) is 9.59 Å². The molecule has 1 aliphatic rings. The summed E-state index contributed by atoms with van der Waals surface area (Å²) in [5.74, 6) is 1.14.